The minimum atomic E-state index is -2.70. The Morgan fingerprint density at radius 2 is 1.62 bits per heavy atom. The van der Waals surface area contributed by atoms with E-state index in [0.717, 1.165) is 12.8 Å². The minimum absolute atomic E-state index is 0.101. The van der Waals surface area contributed by atoms with E-state index in [-0.39, 0.29) is 12.2 Å². The Labute approximate surface area is 150 Å². The molecule has 0 aromatic heterocycles. The van der Waals surface area contributed by atoms with Crippen molar-refractivity contribution in [3.63, 3.8) is 0 Å². The molecule has 1 unspecified atom stereocenters. The van der Waals surface area contributed by atoms with E-state index in [0.29, 0.717) is 25.8 Å². The fourth-order valence-corrected chi connectivity index (χ4v) is 5.66. The van der Waals surface area contributed by atoms with Crippen LogP contribution in [0.25, 0.3) is 0 Å². The summed E-state index contributed by atoms with van der Waals surface area (Å²) in [6, 6.07) is 0.698. The van der Waals surface area contributed by atoms with Crippen LogP contribution in [0.5, 0.6) is 0 Å². The van der Waals surface area contributed by atoms with Crippen LogP contribution >= 0.6 is 0 Å². The van der Waals surface area contributed by atoms with E-state index in [9.17, 15) is 4.79 Å². The van der Waals surface area contributed by atoms with Gasteiger partial charge in [-0.2, -0.15) is 0 Å². The molecule has 0 aliphatic rings. The van der Waals surface area contributed by atoms with Gasteiger partial charge < -0.3 is 22.6 Å². The number of carbonyl (C=O) groups excluding carboxylic acids is 1. The van der Waals surface area contributed by atoms with Gasteiger partial charge in [-0.25, -0.2) is 4.79 Å². The predicted octanol–water partition coefficient (Wildman–Crippen LogP) is 4.11. The van der Waals surface area contributed by atoms with Crippen molar-refractivity contribution in [2.45, 2.75) is 72.3 Å². The fraction of sp³-hybridized carbons (Fsp3) is 0.938. The first-order chi connectivity index (χ1) is 11.1. The molecule has 1 atom stereocenters. The average molecular weight is 380 g/mol. The third-order valence-electron chi connectivity index (χ3n) is 3.37. The molecule has 144 valence electrons. The quantitative estimate of drug-likeness (QED) is 0.478. The van der Waals surface area contributed by atoms with Crippen LogP contribution in [-0.2, 0) is 17.7 Å². The number of amides is 1. The molecule has 0 fully saturated rings. The van der Waals surface area contributed by atoms with Gasteiger partial charge in [-0.15, -0.1) is 0 Å². The summed E-state index contributed by atoms with van der Waals surface area (Å²) in [5.41, 5.74) is 0. The van der Waals surface area contributed by atoms with E-state index in [1.165, 1.54) is 0 Å². The Balaban J connectivity index is 4.66. The van der Waals surface area contributed by atoms with E-state index in [1.54, 1.807) is 11.9 Å². The lowest BCUT2D eigenvalue weighted by Gasteiger charge is -2.32. The molecule has 0 saturated heterocycles. The maximum atomic E-state index is 12.0. The topological polar surface area (TPSA) is 57.2 Å². The molecule has 24 heavy (non-hydrogen) atoms. The molecule has 6 nitrogen and oxygen atoms in total. The maximum absolute atomic E-state index is 12.0. The molecule has 1 amide bonds. The van der Waals surface area contributed by atoms with Crippen molar-refractivity contribution in [2.75, 3.05) is 26.8 Å². The highest BCUT2D eigenvalue weighted by Crippen LogP contribution is 2.21. The summed E-state index contributed by atoms with van der Waals surface area (Å²) in [6.45, 7) is 15.8. The average Bonchev–Trinajstić information content (AvgIpc) is 2.45. The van der Waals surface area contributed by atoms with Crippen molar-refractivity contribution in [1.82, 2.24) is 4.90 Å². The molecule has 0 aromatic carbocycles. The van der Waals surface area contributed by atoms with Gasteiger partial charge in [0, 0.05) is 39.0 Å². The second kappa shape index (κ2) is 11.2. The highest BCUT2D eigenvalue weighted by molar-refractivity contribution is 6.71. The molecule has 8 heteroatoms. The van der Waals surface area contributed by atoms with Gasteiger partial charge in [0.2, 0.25) is 8.32 Å². The van der Waals surface area contributed by atoms with Crippen LogP contribution in [0.3, 0.4) is 0 Å². The summed E-state index contributed by atoms with van der Waals surface area (Å²) >= 11 is 0. The van der Waals surface area contributed by atoms with E-state index in [1.807, 2.05) is 40.4 Å². The Morgan fingerprint density at radius 3 is 2.04 bits per heavy atom. The van der Waals surface area contributed by atoms with Crippen molar-refractivity contribution >= 4 is 23.2 Å². The number of carbonyl (C=O) groups is 1. The number of nitrogens with zero attached hydrogens (tertiary/aromatic N) is 1. The first kappa shape index (κ1) is 23.6. The Morgan fingerprint density at radius 1 is 1.08 bits per heavy atom. The van der Waals surface area contributed by atoms with Gasteiger partial charge in [-0.1, -0.05) is 6.92 Å². The summed E-state index contributed by atoms with van der Waals surface area (Å²) < 4.78 is 23.5. The lowest BCUT2D eigenvalue weighted by Crippen LogP contribution is -2.48. The molecule has 0 aliphatic carbocycles. The van der Waals surface area contributed by atoms with Crippen LogP contribution in [-0.4, -0.2) is 61.0 Å². The lowest BCUT2D eigenvalue weighted by atomic mass is 10.3. The van der Waals surface area contributed by atoms with Crippen molar-refractivity contribution in [3.8, 4) is 0 Å². The van der Waals surface area contributed by atoms with Crippen LogP contribution in [0.2, 0.25) is 25.7 Å². The Bertz CT molecular complexity index is 357. The molecular formula is C16H37NO5Si2. The molecule has 0 spiro atoms. The molecule has 0 heterocycles. The third kappa shape index (κ3) is 9.78. The van der Waals surface area contributed by atoms with Gasteiger partial charge in [0.15, 0.2) is 0 Å². The summed E-state index contributed by atoms with van der Waals surface area (Å²) in [7, 11) is -2.80. The van der Waals surface area contributed by atoms with Gasteiger partial charge in [0.1, 0.15) is 0 Å². The second-order valence-electron chi connectivity index (χ2n) is 6.89. The molecule has 0 radical (unpaired) electrons. The SMILES string of the molecule is CCO[Si](CCCN(C)C(=O)O[Si](C)(C)C)(OCC)OC(C)CC. The van der Waals surface area contributed by atoms with Crippen LogP contribution in [0, 0.1) is 0 Å². The number of rotatable bonds is 12. The third-order valence-corrected chi connectivity index (χ3v) is 7.34. The summed E-state index contributed by atoms with van der Waals surface area (Å²) in [5.74, 6) is 0. The maximum Gasteiger partial charge on any atom is 0.501 e. The van der Waals surface area contributed by atoms with Crippen LogP contribution in [0.1, 0.15) is 40.5 Å². The monoisotopic (exact) mass is 379 g/mol. The lowest BCUT2D eigenvalue weighted by molar-refractivity contribution is 0.0362. The van der Waals surface area contributed by atoms with Crippen LogP contribution in [0.4, 0.5) is 4.79 Å². The fourth-order valence-electron chi connectivity index (χ4n) is 2.11. The number of hydrogen-bond acceptors (Lipinski definition) is 5. The molecule has 0 rings (SSSR count). The van der Waals surface area contributed by atoms with Crippen molar-refractivity contribution in [3.05, 3.63) is 0 Å². The standard InChI is InChI=1S/C16H37NO5Si2/c1-9-15(4)21-24(19-10-2,20-11-3)14-12-13-17(5)16(18)22-23(6,7)8/h15H,9-14H2,1-8H3. The van der Waals surface area contributed by atoms with E-state index >= 15 is 0 Å². The molecule has 0 bridgehead atoms. The van der Waals surface area contributed by atoms with E-state index in [4.69, 9.17) is 17.7 Å². The van der Waals surface area contributed by atoms with Gasteiger partial charge in [0.05, 0.1) is 0 Å². The molecule has 0 aliphatic heterocycles. The summed E-state index contributed by atoms with van der Waals surface area (Å²) in [6.07, 6.45) is 1.53. The van der Waals surface area contributed by atoms with Gasteiger partial charge in [-0.3, -0.25) is 0 Å². The van der Waals surface area contributed by atoms with Gasteiger partial charge in [-0.05, 0) is 53.3 Å². The molecule has 0 saturated carbocycles. The Hall–Kier alpha value is -0.416. The molecular weight excluding hydrogens is 342 g/mol. The van der Waals surface area contributed by atoms with Crippen molar-refractivity contribution in [2.24, 2.45) is 0 Å². The number of hydrogen-bond donors (Lipinski definition) is 0. The van der Waals surface area contributed by atoms with Crippen molar-refractivity contribution < 1.29 is 22.5 Å². The largest absolute Gasteiger partial charge is 0.504 e. The van der Waals surface area contributed by atoms with E-state index in [2.05, 4.69) is 6.92 Å². The normalized spacial score (nSPS) is 13.7. The molecule has 0 N–H and O–H groups in total. The van der Waals surface area contributed by atoms with Crippen LogP contribution < -0.4 is 0 Å². The smallest absolute Gasteiger partial charge is 0.501 e. The predicted molar refractivity (Wildman–Crippen MR) is 102 cm³/mol. The summed E-state index contributed by atoms with van der Waals surface area (Å²) in [5, 5.41) is 0. The van der Waals surface area contributed by atoms with Gasteiger partial charge in [0.25, 0.3) is 0 Å². The zero-order chi connectivity index (χ0) is 18.8. The second-order valence-corrected chi connectivity index (χ2v) is 14.0. The summed E-state index contributed by atoms with van der Waals surface area (Å²) in [4.78, 5) is 13.7. The first-order valence-electron chi connectivity index (χ1n) is 8.99. The van der Waals surface area contributed by atoms with Crippen molar-refractivity contribution in [1.29, 1.82) is 0 Å². The van der Waals surface area contributed by atoms with Crippen LogP contribution in [0.15, 0.2) is 0 Å². The minimum Gasteiger partial charge on any atom is -0.504 e. The zero-order valence-electron chi connectivity index (χ0n) is 16.8. The van der Waals surface area contributed by atoms with Gasteiger partial charge >= 0.3 is 14.9 Å². The first-order valence-corrected chi connectivity index (χ1v) is 14.3. The molecule has 0 aromatic rings. The zero-order valence-corrected chi connectivity index (χ0v) is 18.8. The highest BCUT2D eigenvalue weighted by atomic mass is 28.4. The highest BCUT2D eigenvalue weighted by Gasteiger charge is 2.41. The Kier molecular flexibility index (Phi) is 11.1. The van der Waals surface area contributed by atoms with E-state index < -0.39 is 17.1 Å².